The van der Waals surface area contributed by atoms with Gasteiger partial charge in [0.15, 0.2) is 0 Å². The maximum absolute atomic E-state index is 13.4. The van der Waals surface area contributed by atoms with Crippen molar-refractivity contribution in [2.45, 2.75) is 51.9 Å². The van der Waals surface area contributed by atoms with Gasteiger partial charge in [-0.05, 0) is 81.1 Å². The van der Waals surface area contributed by atoms with Gasteiger partial charge in [0, 0.05) is 17.1 Å². The average Bonchev–Trinajstić information content (AvgIpc) is 2.83. The monoisotopic (exact) mass is 525 g/mol. The van der Waals surface area contributed by atoms with Crippen LogP contribution in [-0.4, -0.2) is 17.6 Å². The second-order valence-electron chi connectivity index (χ2n) is 10.4. The van der Waals surface area contributed by atoms with E-state index in [4.69, 9.17) is 4.74 Å². The Bertz CT molecular complexity index is 1330. The molecule has 38 heavy (non-hydrogen) atoms. The minimum atomic E-state index is -4.52. The molecule has 1 aliphatic heterocycles. The summed E-state index contributed by atoms with van der Waals surface area (Å²) in [6.07, 6.45) is -4.70. The van der Waals surface area contributed by atoms with Crippen molar-refractivity contribution >= 4 is 29.1 Å². The van der Waals surface area contributed by atoms with E-state index in [1.54, 1.807) is 45.0 Å². The lowest BCUT2D eigenvalue weighted by atomic mass is 9.83. The predicted molar refractivity (Wildman–Crippen MR) is 141 cm³/mol. The molecule has 0 bridgehead atoms. The summed E-state index contributed by atoms with van der Waals surface area (Å²) in [6.45, 7) is 6.70. The number of ether oxygens (including phenoxy) is 1. The molecule has 1 heterocycles. The lowest BCUT2D eigenvalue weighted by Gasteiger charge is -2.34. The van der Waals surface area contributed by atoms with Crippen LogP contribution in [0, 0.1) is 12.8 Å². The van der Waals surface area contributed by atoms with Crippen molar-refractivity contribution in [3.05, 3.63) is 89.0 Å². The van der Waals surface area contributed by atoms with Gasteiger partial charge in [0.2, 0.25) is 5.91 Å². The molecule has 1 aliphatic rings. The van der Waals surface area contributed by atoms with Gasteiger partial charge in [-0.3, -0.25) is 10.1 Å². The van der Waals surface area contributed by atoms with Crippen LogP contribution in [0.25, 0.3) is 0 Å². The van der Waals surface area contributed by atoms with Crippen LogP contribution in [0.4, 0.5) is 35.0 Å². The standard InChI is InChI=1S/C29H30F3N3O3/c1-17-9-12-21(16-23(17)29(30,31)32)33-26(36)22-15-19-7-5-6-8-24(19)35-25(22)18-10-13-20(14-11-18)34-27(37)38-28(2,3)4/h5-14,16,22,25,35H,15H2,1-4H3,(H,33,36)(H,34,37). The number of amides is 2. The number of fused-ring (bicyclic) bond motifs is 1. The molecule has 9 heteroatoms. The molecular formula is C29H30F3N3O3. The van der Waals surface area contributed by atoms with Crippen LogP contribution in [0.3, 0.4) is 0 Å². The van der Waals surface area contributed by atoms with Crippen molar-refractivity contribution in [2.75, 3.05) is 16.0 Å². The van der Waals surface area contributed by atoms with Gasteiger partial charge in [0.05, 0.1) is 17.5 Å². The summed E-state index contributed by atoms with van der Waals surface area (Å²) in [6, 6.07) is 18.0. The molecular weight excluding hydrogens is 495 g/mol. The normalized spacial score (nSPS) is 17.1. The second kappa shape index (κ2) is 10.4. The number of alkyl halides is 3. The first-order valence-corrected chi connectivity index (χ1v) is 12.2. The summed E-state index contributed by atoms with van der Waals surface area (Å²) in [5, 5.41) is 8.78. The molecule has 0 aromatic heterocycles. The SMILES string of the molecule is Cc1ccc(NC(=O)C2Cc3ccccc3NC2c2ccc(NC(=O)OC(C)(C)C)cc2)cc1C(F)(F)F. The molecule has 2 atom stereocenters. The number of rotatable bonds is 4. The summed E-state index contributed by atoms with van der Waals surface area (Å²) in [4.78, 5) is 25.6. The molecule has 3 N–H and O–H groups in total. The lowest BCUT2D eigenvalue weighted by molar-refractivity contribution is -0.138. The Hall–Kier alpha value is -4.01. The molecule has 0 saturated heterocycles. The molecule has 0 saturated carbocycles. The molecule has 3 aromatic carbocycles. The second-order valence-corrected chi connectivity index (χ2v) is 10.4. The van der Waals surface area contributed by atoms with E-state index in [1.165, 1.54) is 19.1 Å². The summed E-state index contributed by atoms with van der Waals surface area (Å²) in [7, 11) is 0. The highest BCUT2D eigenvalue weighted by Gasteiger charge is 2.36. The van der Waals surface area contributed by atoms with Crippen molar-refractivity contribution in [3.63, 3.8) is 0 Å². The number of carbonyl (C=O) groups excluding carboxylic acids is 2. The van der Waals surface area contributed by atoms with Crippen molar-refractivity contribution in [1.82, 2.24) is 0 Å². The van der Waals surface area contributed by atoms with Crippen LogP contribution in [0.15, 0.2) is 66.7 Å². The van der Waals surface area contributed by atoms with Crippen LogP contribution in [0.1, 0.15) is 49.1 Å². The van der Waals surface area contributed by atoms with Crippen LogP contribution in [0.5, 0.6) is 0 Å². The zero-order valence-corrected chi connectivity index (χ0v) is 21.6. The van der Waals surface area contributed by atoms with Crippen LogP contribution >= 0.6 is 0 Å². The Labute approximate surface area is 219 Å². The van der Waals surface area contributed by atoms with Crippen LogP contribution in [0.2, 0.25) is 0 Å². The van der Waals surface area contributed by atoms with Gasteiger partial charge in [0.25, 0.3) is 0 Å². The molecule has 4 rings (SSSR count). The summed E-state index contributed by atoms with van der Waals surface area (Å²) >= 11 is 0. The largest absolute Gasteiger partial charge is 0.444 e. The summed E-state index contributed by atoms with van der Waals surface area (Å²) in [5.74, 6) is -1.00. The van der Waals surface area contributed by atoms with Gasteiger partial charge in [-0.2, -0.15) is 13.2 Å². The Morgan fingerprint density at radius 2 is 1.58 bits per heavy atom. The Kier molecular flexibility index (Phi) is 7.40. The first-order chi connectivity index (χ1) is 17.8. The van der Waals surface area contributed by atoms with Crippen LogP contribution < -0.4 is 16.0 Å². The molecule has 6 nitrogen and oxygen atoms in total. The van der Waals surface area contributed by atoms with E-state index >= 15 is 0 Å². The van der Waals surface area contributed by atoms with Gasteiger partial charge < -0.3 is 15.4 Å². The topological polar surface area (TPSA) is 79.5 Å². The van der Waals surface area contributed by atoms with E-state index in [9.17, 15) is 22.8 Å². The molecule has 0 spiro atoms. The Morgan fingerprint density at radius 1 is 0.921 bits per heavy atom. The minimum absolute atomic E-state index is 0.0849. The van der Waals surface area contributed by atoms with Crippen molar-refractivity contribution in [2.24, 2.45) is 5.92 Å². The number of anilines is 3. The summed E-state index contributed by atoms with van der Waals surface area (Å²) < 4.78 is 45.5. The fourth-order valence-corrected chi connectivity index (χ4v) is 4.46. The van der Waals surface area contributed by atoms with E-state index in [0.29, 0.717) is 12.1 Å². The average molecular weight is 526 g/mol. The Balaban J connectivity index is 1.58. The molecule has 0 radical (unpaired) electrons. The zero-order valence-electron chi connectivity index (χ0n) is 21.6. The number of aryl methyl sites for hydroxylation is 1. The fraction of sp³-hybridized carbons (Fsp3) is 0.310. The molecule has 2 amide bonds. The number of para-hydroxylation sites is 1. The molecule has 0 aliphatic carbocycles. The third kappa shape index (κ3) is 6.45. The number of hydrogen-bond donors (Lipinski definition) is 3. The number of benzene rings is 3. The van der Waals surface area contributed by atoms with E-state index in [0.717, 1.165) is 22.9 Å². The van der Waals surface area contributed by atoms with E-state index < -0.39 is 41.3 Å². The number of carbonyl (C=O) groups is 2. The van der Waals surface area contributed by atoms with Gasteiger partial charge >= 0.3 is 12.3 Å². The third-order valence-electron chi connectivity index (χ3n) is 6.23. The van der Waals surface area contributed by atoms with E-state index in [1.807, 2.05) is 24.3 Å². The number of hydrogen-bond acceptors (Lipinski definition) is 4. The Morgan fingerprint density at radius 3 is 2.24 bits per heavy atom. The minimum Gasteiger partial charge on any atom is -0.444 e. The van der Waals surface area contributed by atoms with Gasteiger partial charge in [0.1, 0.15) is 5.60 Å². The van der Waals surface area contributed by atoms with E-state index in [-0.39, 0.29) is 11.3 Å². The highest BCUT2D eigenvalue weighted by Crippen LogP contribution is 2.38. The maximum Gasteiger partial charge on any atom is 0.416 e. The van der Waals surface area contributed by atoms with Crippen molar-refractivity contribution in [1.29, 1.82) is 0 Å². The molecule has 3 aromatic rings. The third-order valence-corrected chi connectivity index (χ3v) is 6.23. The van der Waals surface area contributed by atoms with Crippen molar-refractivity contribution in [3.8, 4) is 0 Å². The van der Waals surface area contributed by atoms with Gasteiger partial charge in [-0.1, -0.05) is 36.4 Å². The molecule has 0 fully saturated rings. The first-order valence-electron chi connectivity index (χ1n) is 12.2. The lowest BCUT2D eigenvalue weighted by Crippen LogP contribution is -2.37. The van der Waals surface area contributed by atoms with Gasteiger partial charge in [-0.15, -0.1) is 0 Å². The summed E-state index contributed by atoms with van der Waals surface area (Å²) in [5.41, 5.74) is 1.88. The van der Waals surface area contributed by atoms with E-state index in [2.05, 4.69) is 16.0 Å². The number of nitrogens with one attached hydrogen (secondary N) is 3. The first kappa shape index (κ1) is 27.0. The maximum atomic E-state index is 13.4. The quantitative estimate of drug-likeness (QED) is 0.333. The van der Waals surface area contributed by atoms with Crippen molar-refractivity contribution < 1.29 is 27.5 Å². The predicted octanol–water partition coefficient (Wildman–Crippen LogP) is 7.33. The van der Waals surface area contributed by atoms with Gasteiger partial charge in [-0.25, -0.2) is 4.79 Å². The molecule has 200 valence electrons. The molecule has 2 unspecified atom stereocenters. The smallest absolute Gasteiger partial charge is 0.416 e. The number of halogens is 3. The highest BCUT2D eigenvalue weighted by molar-refractivity contribution is 5.94. The zero-order chi connectivity index (χ0) is 27.7. The highest BCUT2D eigenvalue weighted by atomic mass is 19.4. The fourth-order valence-electron chi connectivity index (χ4n) is 4.46. The van der Waals surface area contributed by atoms with Crippen LogP contribution in [-0.2, 0) is 22.1 Å².